The van der Waals surface area contributed by atoms with E-state index in [1.165, 1.54) is 16.3 Å². The van der Waals surface area contributed by atoms with E-state index < -0.39 is 0 Å². The van der Waals surface area contributed by atoms with Gasteiger partial charge in [0.05, 0.1) is 44.9 Å². The van der Waals surface area contributed by atoms with Crippen LogP contribution >= 0.6 is 35.0 Å². The van der Waals surface area contributed by atoms with Gasteiger partial charge >= 0.3 is 0 Å². The minimum atomic E-state index is -0.225. The fraction of sp³-hybridized carbons (Fsp3) is 0.0952. The summed E-state index contributed by atoms with van der Waals surface area (Å²) in [6.07, 6.45) is 3.24. The Kier molecular flexibility index (Phi) is 5.13. The van der Waals surface area contributed by atoms with Crippen LogP contribution in [-0.4, -0.2) is 29.5 Å². The van der Waals surface area contributed by atoms with Crippen LogP contribution in [0.2, 0.25) is 10.0 Å². The summed E-state index contributed by atoms with van der Waals surface area (Å²) in [6, 6.07) is 10.7. The molecule has 0 radical (unpaired) electrons. The molecule has 0 saturated carbocycles. The standard InChI is InChI=1S/C21H14Cl2N6OS/c1-11-4-2-7-14-17(11)20(30)29(18-12(22)5-3-6-13(18)23)16(27-14)9-31-21-24-8-15-19(28-21)26-10-25-15/h2-8,10H,9H2,1H3,(H,24,25,26,28). The molecule has 1 N–H and O–H groups in total. The highest BCUT2D eigenvalue weighted by Gasteiger charge is 2.19. The van der Waals surface area contributed by atoms with Crippen molar-refractivity contribution < 1.29 is 0 Å². The van der Waals surface area contributed by atoms with Crippen molar-refractivity contribution in [3.05, 3.63) is 80.7 Å². The molecular formula is C21H14Cl2N6OS. The Labute approximate surface area is 190 Å². The molecule has 0 aliphatic rings. The Morgan fingerprint density at radius 1 is 1.06 bits per heavy atom. The number of aromatic amines is 1. The van der Waals surface area contributed by atoms with Crippen molar-refractivity contribution in [2.75, 3.05) is 0 Å². The van der Waals surface area contributed by atoms with E-state index in [-0.39, 0.29) is 5.56 Å². The predicted molar refractivity (Wildman–Crippen MR) is 123 cm³/mol. The number of nitrogens with one attached hydrogen (secondary N) is 1. The number of aromatic nitrogens is 6. The molecule has 7 nitrogen and oxygen atoms in total. The van der Waals surface area contributed by atoms with Crippen LogP contribution in [0.4, 0.5) is 0 Å². The van der Waals surface area contributed by atoms with Crippen molar-refractivity contribution in [1.29, 1.82) is 0 Å². The molecule has 0 atom stereocenters. The summed E-state index contributed by atoms with van der Waals surface area (Å²) in [5.41, 5.74) is 2.96. The molecule has 0 spiro atoms. The van der Waals surface area contributed by atoms with Gasteiger partial charge in [0.2, 0.25) is 0 Å². The van der Waals surface area contributed by atoms with E-state index in [1.54, 1.807) is 30.7 Å². The molecule has 31 heavy (non-hydrogen) atoms. The van der Waals surface area contributed by atoms with Crippen molar-refractivity contribution in [3.63, 3.8) is 0 Å². The molecule has 2 aromatic carbocycles. The Balaban J connectivity index is 1.68. The second-order valence-electron chi connectivity index (χ2n) is 6.79. The Hall–Kier alpha value is -2.94. The lowest BCUT2D eigenvalue weighted by Crippen LogP contribution is -2.25. The molecule has 154 valence electrons. The number of nitrogens with zero attached hydrogens (tertiary/aromatic N) is 5. The normalized spacial score (nSPS) is 11.5. The van der Waals surface area contributed by atoms with Crippen LogP contribution in [0, 0.1) is 6.92 Å². The summed E-state index contributed by atoms with van der Waals surface area (Å²) in [5, 5.41) is 1.78. The first-order chi connectivity index (χ1) is 15.0. The molecule has 3 heterocycles. The number of hydrogen-bond acceptors (Lipinski definition) is 6. The first-order valence-electron chi connectivity index (χ1n) is 9.27. The number of halogens is 2. The number of fused-ring (bicyclic) bond motifs is 2. The van der Waals surface area contributed by atoms with Crippen LogP contribution in [0.25, 0.3) is 27.8 Å². The van der Waals surface area contributed by atoms with Crippen LogP contribution in [0.15, 0.2) is 58.9 Å². The lowest BCUT2D eigenvalue weighted by molar-refractivity contribution is 0.879. The first kappa shape index (κ1) is 20.0. The van der Waals surface area contributed by atoms with Gasteiger partial charge in [-0.25, -0.2) is 19.9 Å². The Morgan fingerprint density at radius 3 is 2.65 bits per heavy atom. The van der Waals surface area contributed by atoms with Crippen LogP contribution < -0.4 is 5.56 Å². The van der Waals surface area contributed by atoms with E-state index in [0.29, 0.717) is 49.0 Å². The zero-order valence-electron chi connectivity index (χ0n) is 16.1. The van der Waals surface area contributed by atoms with Crippen LogP contribution in [0.1, 0.15) is 11.4 Å². The third-order valence-corrected chi connectivity index (χ3v) is 6.29. The van der Waals surface area contributed by atoms with E-state index >= 15 is 0 Å². The number of hydrogen-bond donors (Lipinski definition) is 1. The lowest BCUT2D eigenvalue weighted by Gasteiger charge is -2.16. The van der Waals surface area contributed by atoms with Crippen molar-refractivity contribution >= 4 is 57.0 Å². The number of thioether (sulfide) groups is 1. The number of benzene rings is 2. The van der Waals surface area contributed by atoms with Gasteiger partial charge in [0.25, 0.3) is 5.56 Å². The quantitative estimate of drug-likeness (QED) is 0.296. The molecule has 0 aliphatic heterocycles. The summed E-state index contributed by atoms with van der Waals surface area (Å²) in [6.45, 7) is 1.88. The molecule has 5 rings (SSSR count). The molecule has 0 fully saturated rings. The van der Waals surface area contributed by atoms with Crippen molar-refractivity contribution in [1.82, 2.24) is 29.5 Å². The van der Waals surface area contributed by atoms with E-state index in [0.717, 1.165) is 11.1 Å². The molecule has 5 aromatic rings. The van der Waals surface area contributed by atoms with Gasteiger partial charge < -0.3 is 4.98 Å². The number of imidazole rings is 1. The summed E-state index contributed by atoms with van der Waals surface area (Å²) in [7, 11) is 0. The van der Waals surface area contributed by atoms with Crippen molar-refractivity contribution in [2.45, 2.75) is 17.8 Å². The van der Waals surface area contributed by atoms with E-state index in [1.807, 2.05) is 25.1 Å². The zero-order valence-corrected chi connectivity index (χ0v) is 18.5. The summed E-state index contributed by atoms with van der Waals surface area (Å²) >= 11 is 14.3. The maximum absolute atomic E-state index is 13.6. The van der Waals surface area contributed by atoms with Gasteiger partial charge in [0, 0.05) is 0 Å². The number of H-pyrrole nitrogens is 1. The molecule has 3 aromatic heterocycles. The molecule has 0 saturated heterocycles. The van der Waals surface area contributed by atoms with Crippen molar-refractivity contribution in [3.8, 4) is 5.69 Å². The van der Waals surface area contributed by atoms with Crippen LogP contribution in [0.3, 0.4) is 0 Å². The summed E-state index contributed by atoms with van der Waals surface area (Å²) in [4.78, 5) is 34.2. The topological polar surface area (TPSA) is 89.3 Å². The molecule has 0 amide bonds. The fourth-order valence-corrected chi connectivity index (χ4v) is 4.69. The van der Waals surface area contributed by atoms with Gasteiger partial charge in [-0.2, -0.15) is 0 Å². The predicted octanol–water partition coefficient (Wildman–Crippen LogP) is 4.96. The van der Waals surface area contributed by atoms with Gasteiger partial charge in [-0.15, -0.1) is 0 Å². The summed E-state index contributed by atoms with van der Waals surface area (Å²) < 4.78 is 1.49. The maximum atomic E-state index is 13.6. The minimum Gasteiger partial charge on any atom is -0.342 e. The van der Waals surface area contributed by atoms with Gasteiger partial charge in [-0.05, 0) is 30.7 Å². The van der Waals surface area contributed by atoms with Crippen LogP contribution in [0.5, 0.6) is 0 Å². The molecule has 0 bridgehead atoms. The van der Waals surface area contributed by atoms with E-state index in [2.05, 4.69) is 19.9 Å². The number of aryl methyl sites for hydroxylation is 1. The minimum absolute atomic E-state index is 0.225. The highest BCUT2D eigenvalue weighted by atomic mass is 35.5. The highest BCUT2D eigenvalue weighted by molar-refractivity contribution is 7.98. The second-order valence-corrected chi connectivity index (χ2v) is 8.55. The molecular weight excluding hydrogens is 455 g/mol. The maximum Gasteiger partial charge on any atom is 0.266 e. The smallest absolute Gasteiger partial charge is 0.266 e. The zero-order chi connectivity index (χ0) is 21.5. The van der Waals surface area contributed by atoms with Crippen molar-refractivity contribution in [2.24, 2.45) is 0 Å². The Bertz CT molecular complexity index is 1490. The fourth-order valence-electron chi connectivity index (χ4n) is 3.39. The second kappa shape index (κ2) is 7.96. The highest BCUT2D eigenvalue weighted by Crippen LogP contribution is 2.30. The molecule has 0 aliphatic carbocycles. The van der Waals surface area contributed by atoms with Gasteiger partial charge in [-0.3, -0.25) is 9.36 Å². The monoisotopic (exact) mass is 468 g/mol. The van der Waals surface area contributed by atoms with Gasteiger partial charge in [0.1, 0.15) is 11.3 Å². The molecule has 10 heteroatoms. The average Bonchev–Trinajstić information content (AvgIpc) is 3.21. The third kappa shape index (κ3) is 3.56. The van der Waals surface area contributed by atoms with Crippen LogP contribution in [-0.2, 0) is 5.75 Å². The Morgan fingerprint density at radius 2 is 1.84 bits per heavy atom. The summed E-state index contributed by atoms with van der Waals surface area (Å²) in [5.74, 6) is 0.824. The van der Waals surface area contributed by atoms with E-state index in [9.17, 15) is 4.79 Å². The van der Waals surface area contributed by atoms with Gasteiger partial charge in [-0.1, -0.05) is 53.2 Å². The molecule has 0 unspecified atom stereocenters. The average molecular weight is 469 g/mol. The van der Waals surface area contributed by atoms with Gasteiger partial charge in [0.15, 0.2) is 10.8 Å². The van der Waals surface area contributed by atoms with E-state index in [4.69, 9.17) is 28.2 Å². The SMILES string of the molecule is Cc1cccc2nc(CSc3ncc4[nH]cnc4n3)n(-c3c(Cl)cccc3Cl)c(=O)c12. The number of para-hydroxylation sites is 1. The lowest BCUT2D eigenvalue weighted by atomic mass is 10.1. The first-order valence-corrected chi connectivity index (χ1v) is 11.0. The third-order valence-electron chi connectivity index (χ3n) is 4.82. The number of rotatable bonds is 4. The largest absolute Gasteiger partial charge is 0.342 e.